The Balaban J connectivity index is 1.77. The fourth-order valence-corrected chi connectivity index (χ4v) is 2.81. The zero-order valence-electron chi connectivity index (χ0n) is 15.0. The molecule has 2 N–H and O–H groups in total. The molecule has 2 rings (SSSR count). The predicted octanol–water partition coefficient (Wildman–Crippen LogP) is 2.58. The second-order valence-electron chi connectivity index (χ2n) is 6.92. The van der Waals surface area contributed by atoms with Gasteiger partial charge < -0.3 is 10.2 Å². The van der Waals surface area contributed by atoms with E-state index in [9.17, 15) is 4.79 Å². The average molecular weight is 350 g/mol. The summed E-state index contributed by atoms with van der Waals surface area (Å²) in [5, 5.41) is 19.7. The van der Waals surface area contributed by atoms with Crippen molar-refractivity contribution in [3.05, 3.63) is 22.5 Å². The standard InChI is InChI=1S/C16H26N6OS/c1-6-14-20-21-15(24-14)17-13(23)7-8-22(5)10-11-9-12(19-18-11)16(2,3)4/h9H,6-8,10H2,1-5H3,(H,18,19)(H,17,21,23). The molecule has 24 heavy (non-hydrogen) atoms. The fourth-order valence-electron chi connectivity index (χ4n) is 2.12. The third kappa shape index (κ3) is 5.38. The third-order valence-electron chi connectivity index (χ3n) is 3.58. The van der Waals surface area contributed by atoms with Gasteiger partial charge in [-0.25, -0.2) is 0 Å². The number of amides is 1. The van der Waals surface area contributed by atoms with Crippen LogP contribution in [0.5, 0.6) is 0 Å². The molecule has 0 atom stereocenters. The number of nitrogens with zero attached hydrogens (tertiary/aromatic N) is 4. The molecule has 0 aromatic carbocycles. The molecular formula is C16H26N6OS. The van der Waals surface area contributed by atoms with E-state index in [-0.39, 0.29) is 11.3 Å². The minimum Gasteiger partial charge on any atom is -0.300 e. The summed E-state index contributed by atoms with van der Waals surface area (Å²) in [6.45, 7) is 9.82. The third-order valence-corrected chi connectivity index (χ3v) is 4.56. The van der Waals surface area contributed by atoms with Crippen LogP contribution in [0.15, 0.2) is 6.07 Å². The number of aryl methyl sites for hydroxylation is 1. The molecule has 2 aromatic rings. The van der Waals surface area contributed by atoms with Crippen molar-refractivity contribution in [2.24, 2.45) is 0 Å². The second kappa shape index (κ2) is 7.85. The van der Waals surface area contributed by atoms with Crippen LogP contribution in [0.3, 0.4) is 0 Å². The maximum Gasteiger partial charge on any atom is 0.227 e. The molecule has 0 saturated carbocycles. The van der Waals surface area contributed by atoms with Gasteiger partial charge in [0.1, 0.15) is 5.01 Å². The first-order valence-corrected chi connectivity index (χ1v) is 8.95. The highest BCUT2D eigenvalue weighted by molar-refractivity contribution is 7.15. The van der Waals surface area contributed by atoms with E-state index in [1.54, 1.807) is 0 Å². The average Bonchev–Trinajstić information content (AvgIpc) is 3.14. The van der Waals surface area contributed by atoms with Crippen LogP contribution in [0.25, 0.3) is 0 Å². The Morgan fingerprint density at radius 3 is 2.71 bits per heavy atom. The summed E-state index contributed by atoms with van der Waals surface area (Å²) in [5.74, 6) is -0.0411. The van der Waals surface area contributed by atoms with Crippen molar-refractivity contribution in [2.45, 2.75) is 52.5 Å². The largest absolute Gasteiger partial charge is 0.300 e. The minimum atomic E-state index is -0.0411. The number of carbonyl (C=O) groups excluding carboxylic acids is 1. The number of anilines is 1. The first-order chi connectivity index (χ1) is 11.3. The fraction of sp³-hybridized carbons (Fsp3) is 0.625. The number of hydrogen-bond acceptors (Lipinski definition) is 6. The molecule has 0 radical (unpaired) electrons. The minimum absolute atomic E-state index is 0.0340. The molecule has 2 heterocycles. The van der Waals surface area contributed by atoms with Gasteiger partial charge in [-0.3, -0.25) is 9.89 Å². The zero-order chi connectivity index (χ0) is 17.7. The number of carbonyl (C=O) groups is 1. The molecule has 8 heteroatoms. The van der Waals surface area contributed by atoms with Crippen LogP contribution in [-0.4, -0.2) is 44.8 Å². The molecular weight excluding hydrogens is 324 g/mol. The maximum absolute atomic E-state index is 12.0. The lowest BCUT2D eigenvalue weighted by Gasteiger charge is -2.15. The van der Waals surface area contributed by atoms with E-state index in [1.165, 1.54) is 11.3 Å². The number of hydrogen-bond donors (Lipinski definition) is 2. The molecule has 1 amide bonds. The molecule has 0 aliphatic heterocycles. The Morgan fingerprint density at radius 2 is 2.12 bits per heavy atom. The molecule has 0 fully saturated rings. The maximum atomic E-state index is 12.0. The van der Waals surface area contributed by atoms with Crippen molar-refractivity contribution in [2.75, 3.05) is 18.9 Å². The van der Waals surface area contributed by atoms with Gasteiger partial charge in [0.15, 0.2) is 0 Å². The first kappa shape index (κ1) is 18.5. The van der Waals surface area contributed by atoms with Crippen LogP contribution in [0.1, 0.15) is 50.5 Å². The van der Waals surface area contributed by atoms with Crippen molar-refractivity contribution in [1.82, 2.24) is 25.3 Å². The van der Waals surface area contributed by atoms with Crippen LogP contribution in [-0.2, 0) is 23.2 Å². The summed E-state index contributed by atoms with van der Waals surface area (Å²) in [4.78, 5) is 14.1. The van der Waals surface area contributed by atoms with E-state index in [0.717, 1.165) is 29.4 Å². The van der Waals surface area contributed by atoms with Gasteiger partial charge in [-0.15, -0.1) is 10.2 Å². The number of nitrogens with one attached hydrogen (secondary N) is 2. The van der Waals surface area contributed by atoms with Crippen molar-refractivity contribution >= 4 is 22.4 Å². The van der Waals surface area contributed by atoms with E-state index in [0.29, 0.717) is 18.1 Å². The van der Waals surface area contributed by atoms with E-state index >= 15 is 0 Å². The summed E-state index contributed by atoms with van der Waals surface area (Å²) in [7, 11) is 1.99. The van der Waals surface area contributed by atoms with Crippen LogP contribution in [0, 0.1) is 0 Å². The smallest absolute Gasteiger partial charge is 0.227 e. The molecule has 0 saturated heterocycles. The second-order valence-corrected chi connectivity index (χ2v) is 7.98. The topological polar surface area (TPSA) is 86.8 Å². The van der Waals surface area contributed by atoms with Crippen LogP contribution in [0.2, 0.25) is 0 Å². The van der Waals surface area contributed by atoms with Crippen molar-refractivity contribution < 1.29 is 4.79 Å². The monoisotopic (exact) mass is 350 g/mol. The van der Waals surface area contributed by atoms with Crippen LogP contribution >= 0.6 is 11.3 Å². The highest BCUT2D eigenvalue weighted by Gasteiger charge is 2.17. The van der Waals surface area contributed by atoms with Crippen LogP contribution in [0.4, 0.5) is 5.13 Å². The highest BCUT2D eigenvalue weighted by Crippen LogP contribution is 2.20. The van der Waals surface area contributed by atoms with Gasteiger partial charge in [0, 0.05) is 30.6 Å². The van der Waals surface area contributed by atoms with Gasteiger partial charge in [-0.1, -0.05) is 39.0 Å². The van der Waals surface area contributed by atoms with Gasteiger partial charge >= 0.3 is 0 Å². The Morgan fingerprint density at radius 1 is 1.38 bits per heavy atom. The lowest BCUT2D eigenvalue weighted by molar-refractivity contribution is -0.116. The molecule has 0 bridgehead atoms. The molecule has 7 nitrogen and oxygen atoms in total. The molecule has 2 aromatic heterocycles. The van der Waals surface area contributed by atoms with Gasteiger partial charge in [0.05, 0.1) is 5.69 Å². The SMILES string of the molecule is CCc1nnc(NC(=O)CCN(C)Cc2cc(C(C)(C)C)n[nH]2)s1. The number of H-pyrrole nitrogens is 1. The number of aromatic nitrogens is 4. The zero-order valence-corrected chi connectivity index (χ0v) is 15.8. The van der Waals surface area contributed by atoms with Crippen molar-refractivity contribution in [3.63, 3.8) is 0 Å². The summed E-state index contributed by atoms with van der Waals surface area (Å²) < 4.78 is 0. The van der Waals surface area contributed by atoms with Gasteiger partial charge in [0.2, 0.25) is 11.0 Å². The molecule has 0 unspecified atom stereocenters. The van der Waals surface area contributed by atoms with E-state index < -0.39 is 0 Å². The predicted molar refractivity (Wildman–Crippen MR) is 96.2 cm³/mol. The summed E-state index contributed by atoms with van der Waals surface area (Å²) in [5.41, 5.74) is 2.14. The highest BCUT2D eigenvalue weighted by atomic mass is 32.1. The van der Waals surface area contributed by atoms with E-state index in [2.05, 4.69) is 57.4 Å². The first-order valence-electron chi connectivity index (χ1n) is 8.13. The number of aromatic amines is 1. The van der Waals surface area contributed by atoms with E-state index in [1.807, 2.05) is 14.0 Å². The summed E-state index contributed by atoms with van der Waals surface area (Å²) in [6, 6.07) is 2.09. The van der Waals surface area contributed by atoms with Crippen molar-refractivity contribution in [1.29, 1.82) is 0 Å². The number of rotatable bonds is 7. The van der Waals surface area contributed by atoms with Gasteiger partial charge in [-0.05, 0) is 19.5 Å². The molecule has 0 aliphatic carbocycles. The van der Waals surface area contributed by atoms with Crippen molar-refractivity contribution in [3.8, 4) is 0 Å². The lowest BCUT2D eigenvalue weighted by Crippen LogP contribution is -2.24. The van der Waals surface area contributed by atoms with Gasteiger partial charge in [0.25, 0.3) is 0 Å². The Kier molecular flexibility index (Phi) is 6.06. The summed E-state index contributed by atoms with van der Waals surface area (Å²) >= 11 is 1.42. The molecule has 0 aliphatic rings. The Labute approximate surface area is 146 Å². The molecule has 0 spiro atoms. The Hall–Kier alpha value is -1.80. The Bertz CT molecular complexity index is 672. The lowest BCUT2D eigenvalue weighted by atomic mass is 9.92. The summed E-state index contributed by atoms with van der Waals surface area (Å²) in [6.07, 6.45) is 1.24. The quantitative estimate of drug-likeness (QED) is 0.801. The van der Waals surface area contributed by atoms with E-state index in [4.69, 9.17) is 0 Å². The molecule has 132 valence electrons. The normalized spacial score (nSPS) is 11.9. The van der Waals surface area contributed by atoms with Crippen LogP contribution < -0.4 is 5.32 Å². The van der Waals surface area contributed by atoms with Gasteiger partial charge in [-0.2, -0.15) is 5.10 Å².